The zero-order chi connectivity index (χ0) is 32.4. The molecule has 0 bridgehead atoms. The Kier molecular flexibility index (Phi) is 13.1. The van der Waals surface area contributed by atoms with E-state index in [4.69, 9.17) is 24.9 Å². The van der Waals surface area contributed by atoms with Crippen LogP contribution in [0.4, 0.5) is 32.2 Å². The molecule has 4 N–H and O–H groups in total. The first-order valence-corrected chi connectivity index (χ1v) is 13.5. The number of piperazine rings is 1. The van der Waals surface area contributed by atoms with Crippen molar-refractivity contribution in [1.29, 1.82) is 0 Å². The van der Waals surface area contributed by atoms with Gasteiger partial charge in [-0.3, -0.25) is 9.69 Å². The molecule has 240 valence electrons. The Labute approximate surface area is 248 Å². The number of rotatable bonds is 6. The van der Waals surface area contributed by atoms with Gasteiger partial charge in [0.15, 0.2) is 0 Å². The Morgan fingerprint density at radius 1 is 1.00 bits per heavy atom. The van der Waals surface area contributed by atoms with Gasteiger partial charge in [0.1, 0.15) is 5.82 Å². The molecule has 18 heteroatoms. The summed E-state index contributed by atoms with van der Waals surface area (Å²) in [5, 5.41) is 25.3. The second-order valence-electron chi connectivity index (χ2n) is 9.39. The first-order chi connectivity index (χ1) is 20.0. The number of benzene rings is 1. The largest absolute Gasteiger partial charge is 0.490 e. The highest BCUT2D eigenvalue weighted by molar-refractivity contribution is 7.80. The van der Waals surface area contributed by atoms with Crippen LogP contribution in [0.5, 0.6) is 0 Å². The number of anilines is 1. The maximum absolute atomic E-state index is 12.2. The molecule has 1 aromatic heterocycles. The van der Waals surface area contributed by atoms with E-state index in [9.17, 15) is 31.1 Å². The number of alkyl halides is 6. The van der Waals surface area contributed by atoms with Gasteiger partial charge in [-0.05, 0) is 25.5 Å². The number of amides is 1. The van der Waals surface area contributed by atoms with Gasteiger partial charge < -0.3 is 25.7 Å². The Balaban J connectivity index is 0.000000384. The van der Waals surface area contributed by atoms with Crippen LogP contribution in [-0.2, 0) is 14.4 Å². The molecule has 11 nitrogen and oxygen atoms in total. The number of nitrogens with zero attached hydrogens (tertiary/aromatic N) is 4. The number of carboxylic acid groups (broad SMARTS) is 2. The summed E-state index contributed by atoms with van der Waals surface area (Å²) in [7, 11) is 0. The van der Waals surface area contributed by atoms with E-state index < -0.39 is 24.3 Å². The van der Waals surface area contributed by atoms with Gasteiger partial charge in [-0.1, -0.05) is 18.2 Å². The first kappa shape index (κ1) is 35.7. The molecule has 2 atom stereocenters. The van der Waals surface area contributed by atoms with Crippen molar-refractivity contribution in [2.75, 3.05) is 49.9 Å². The highest BCUT2D eigenvalue weighted by atomic mass is 32.1. The van der Waals surface area contributed by atoms with Gasteiger partial charge in [0.2, 0.25) is 5.91 Å². The quantitative estimate of drug-likeness (QED) is 0.237. The molecule has 0 radical (unpaired) electrons. The molecule has 2 fully saturated rings. The van der Waals surface area contributed by atoms with Crippen LogP contribution in [0.3, 0.4) is 0 Å². The smallest absolute Gasteiger partial charge is 0.475 e. The fraction of sp³-hybridized carbons (Fsp3) is 0.520. The number of nitrogens with one attached hydrogen (secondary N) is 2. The molecule has 1 amide bonds. The zero-order valence-electron chi connectivity index (χ0n) is 22.9. The van der Waals surface area contributed by atoms with Crippen molar-refractivity contribution in [1.82, 2.24) is 25.3 Å². The molecule has 0 spiro atoms. The van der Waals surface area contributed by atoms with Crippen molar-refractivity contribution in [2.45, 2.75) is 37.8 Å². The molecule has 2 aliphatic rings. The van der Waals surface area contributed by atoms with Crippen molar-refractivity contribution < 1.29 is 50.9 Å². The Hall–Kier alpha value is -3.51. The SMILES string of the molecule is Cc1cc(N2CCN([C@@H]3CN[C@H](C(=O)NCCS)C3)CC2)n(-c2ccccc2)n1.O=C(O)C(F)(F)F.O=C(O)C(F)(F)F. The van der Waals surface area contributed by atoms with Crippen LogP contribution in [-0.4, -0.2) is 112 Å². The fourth-order valence-corrected chi connectivity index (χ4v) is 4.40. The number of halogens is 6. The number of thiol groups is 1. The van der Waals surface area contributed by atoms with Gasteiger partial charge in [-0.25, -0.2) is 14.3 Å². The summed E-state index contributed by atoms with van der Waals surface area (Å²) in [6.45, 7) is 7.46. The predicted octanol–water partition coefficient (Wildman–Crippen LogP) is 2.35. The lowest BCUT2D eigenvalue weighted by Gasteiger charge is -2.38. The van der Waals surface area contributed by atoms with Gasteiger partial charge in [0.25, 0.3) is 0 Å². The van der Waals surface area contributed by atoms with Gasteiger partial charge in [-0.15, -0.1) is 0 Å². The topological polar surface area (TPSA) is 140 Å². The van der Waals surface area contributed by atoms with E-state index in [0.29, 0.717) is 18.3 Å². The van der Waals surface area contributed by atoms with E-state index in [1.807, 2.05) is 29.8 Å². The van der Waals surface area contributed by atoms with Gasteiger partial charge in [-0.2, -0.15) is 44.1 Å². The Bertz CT molecular complexity index is 1180. The molecule has 2 aromatic rings. The minimum Gasteiger partial charge on any atom is -0.475 e. The van der Waals surface area contributed by atoms with Crippen LogP contribution in [0, 0.1) is 6.92 Å². The number of para-hydroxylation sites is 1. The molecule has 43 heavy (non-hydrogen) atoms. The van der Waals surface area contributed by atoms with Crippen LogP contribution in [0.15, 0.2) is 36.4 Å². The molecule has 1 aromatic carbocycles. The minimum atomic E-state index is -5.08. The first-order valence-electron chi connectivity index (χ1n) is 12.9. The second kappa shape index (κ2) is 15.8. The monoisotopic (exact) mass is 642 g/mol. The van der Waals surface area contributed by atoms with E-state index in [-0.39, 0.29) is 11.9 Å². The standard InChI is InChI=1S/C21H30N6OS.2C2HF3O2/c1-16-13-20(27(24-16)17-5-3-2-4-6-17)26-10-8-25(9-11-26)18-14-19(23-15-18)21(28)22-7-12-29;2*3-2(4,5)1(6)7/h2-6,13,18-19,23,29H,7-12,14-15H2,1H3,(H,22,28);2*(H,6,7)/t18-,19-;;/m0../s1. The number of carboxylic acids is 2. The summed E-state index contributed by atoms with van der Waals surface area (Å²) >= 11 is 4.15. The van der Waals surface area contributed by atoms with E-state index in [0.717, 1.165) is 56.3 Å². The number of aromatic nitrogens is 2. The summed E-state index contributed by atoms with van der Waals surface area (Å²) in [5.41, 5.74) is 2.12. The number of hydrogen-bond donors (Lipinski definition) is 5. The second-order valence-corrected chi connectivity index (χ2v) is 9.83. The highest BCUT2D eigenvalue weighted by Crippen LogP contribution is 2.24. The van der Waals surface area contributed by atoms with Crippen LogP contribution in [0.1, 0.15) is 12.1 Å². The molecule has 3 heterocycles. The van der Waals surface area contributed by atoms with Crippen LogP contribution >= 0.6 is 12.6 Å². The molecule has 2 saturated heterocycles. The summed E-state index contributed by atoms with van der Waals surface area (Å²) in [4.78, 5) is 34.9. The number of aliphatic carboxylic acids is 2. The minimum absolute atomic E-state index is 0.0833. The normalized spacial score (nSPS) is 19.0. The lowest BCUT2D eigenvalue weighted by Crippen LogP contribution is -2.51. The van der Waals surface area contributed by atoms with Gasteiger partial charge in [0, 0.05) is 57.1 Å². The zero-order valence-corrected chi connectivity index (χ0v) is 23.8. The number of hydrogen-bond acceptors (Lipinski definition) is 8. The van der Waals surface area contributed by atoms with E-state index in [1.54, 1.807) is 0 Å². The fourth-order valence-electron chi connectivity index (χ4n) is 4.28. The van der Waals surface area contributed by atoms with Crippen molar-refractivity contribution >= 4 is 36.3 Å². The summed E-state index contributed by atoms with van der Waals surface area (Å²) in [5.74, 6) is -3.59. The van der Waals surface area contributed by atoms with Crippen LogP contribution in [0.2, 0.25) is 0 Å². The lowest BCUT2D eigenvalue weighted by atomic mass is 10.1. The van der Waals surface area contributed by atoms with Crippen molar-refractivity contribution in [3.8, 4) is 5.69 Å². The third-order valence-corrected chi connectivity index (χ3v) is 6.51. The predicted molar refractivity (Wildman–Crippen MR) is 147 cm³/mol. The lowest BCUT2D eigenvalue weighted by molar-refractivity contribution is -0.193. The third kappa shape index (κ3) is 11.3. The van der Waals surface area contributed by atoms with Crippen LogP contribution in [0.25, 0.3) is 5.69 Å². The molecule has 0 aliphatic carbocycles. The number of carbonyl (C=O) groups is 3. The van der Waals surface area contributed by atoms with Gasteiger partial charge in [0.05, 0.1) is 17.4 Å². The summed E-state index contributed by atoms with van der Waals surface area (Å²) in [6, 6.07) is 12.8. The van der Waals surface area contributed by atoms with Crippen molar-refractivity contribution in [3.63, 3.8) is 0 Å². The molecule has 2 aliphatic heterocycles. The van der Waals surface area contributed by atoms with Crippen molar-refractivity contribution in [2.24, 2.45) is 0 Å². The maximum atomic E-state index is 12.2. The van der Waals surface area contributed by atoms with E-state index in [2.05, 4.69) is 51.3 Å². The maximum Gasteiger partial charge on any atom is 0.490 e. The molecular weight excluding hydrogens is 610 g/mol. The summed E-state index contributed by atoms with van der Waals surface area (Å²) < 4.78 is 65.5. The molecular formula is C25H32F6N6O5S. The summed E-state index contributed by atoms with van der Waals surface area (Å²) in [6.07, 6.45) is -9.29. The van der Waals surface area contributed by atoms with Gasteiger partial charge >= 0.3 is 24.3 Å². The Morgan fingerprint density at radius 3 is 2.02 bits per heavy atom. The van der Waals surface area contributed by atoms with E-state index >= 15 is 0 Å². The van der Waals surface area contributed by atoms with Crippen LogP contribution < -0.4 is 15.5 Å². The van der Waals surface area contributed by atoms with E-state index in [1.165, 1.54) is 0 Å². The van der Waals surface area contributed by atoms with Crippen molar-refractivity contribution in [3.05, 3.63) is 42.1 Å². The molecule has 4 rings (SSSR count). The number of carbonyl (C=O) groups excluding carboxylic acids is 1. The average molecular weight is 643 g/mol. The molecule has 0 unspecified atom stereocenters. The highest BCUT2D eigenvalue weighted by Gasteiger charge is 2.39. The third-order valence-electron chi connectivity index (χ3n) is 6.29. The number of aryl methyl sites for hydroxylation is 1. The Morgan fingerprint density at radius 2 is 1.53 bits per heavy atom. The molecule has 0 saturated carbocycles. The average Bonchev–Trinajstić information content (AvgIpc) is 3.59.